The average Bonchev–Trinajstić information content (AvgIpc) is 3.35. The maximum atomic E-state index is 12.5. The molecule has 1 aromatic heterocycles. The Morgan fingerprint density at radius 1 is 1.24 bits per heavy atom. The molecule has 1 heterocycles. The first kappa shape index (κ1) is 21.6. The lowest BCUT2D eigenvalue weighted by Gasteiger charge is -2.25. The van der Waals surface area contributed by atoms with Crippen molar-refractivity contribution in [2.45, 2.75) is 87.9 Å². The summed E-state index contributed by atoms with van der Waals surface area (Å²) in [6, 6.07) is 2.53. The van der Waals surface area contributed by atoms with Crippen molar-refractivity contribution in [3.8, 4) is 6.07 Å². The van der Waals surface area contributed by atoms with Crippen molar-refractivity contribution in [3.63, 3.8) is 0 Å². The van der Waals surface area contributed by atoms with Gasteiger partial charge in [-0.25, -0.2) is 0 Å². The number of nitriles is 1. The van der Waals surface area contributed by atoms with Gasteiger partial charge in [0.25, 0.3) is 0 Å². The van der Waals surface area contributed by atoms with Crippen LogP contribution in [-0.4, -0.2) is 44.5 Å². The van der Waals surface area contributed by atoms with Gasteiger partial charge in [0.15, 0.2) is 5.16 Å². The second-order valence-electron chi connectivity index (χ2n) is 7.78. The Bertz CT molecular complexity index is 761. The largest absolute Gasteiger partial charge is 0.466 e. The summed E-state index contributed by atoms with van der Waals surface area (Å²) in [7, 11) is 0. The fourth-order valence-corrected chi connectivity index (χ4v) is 5.07. The van der Waals surface area contributed by atoms with Gasteiger partial charge >= 0.3 is 5.97 Å². The summed E-state index contributed by atoms with van der Waals surface area (Å²) in [6.07, 6.45) is 8.96. The highest BCUT2D eigenvalue weighted by atomic mass is 32.2. The Morgan fingerprint density at radius 3 is 2.62 bits per heavy atom. The summed E-state index contributed by atoms with van der Waals surface area (Å²) in [5.41, 5.74) is -0.718. The molecule has 0 atom stereocenters. The molecule has 0 aromatic carbocycles. The predicted molar refractivity (Wildman–Crippen MR) is 108 cm³/mol. The zero-order valence-electron chi connectivity index (χ0n) is 17.0. The highest BCUT2D eigenvalue weighted by molar-refractivity contribution is 7.99. The van der Waals surface area contributed by atoms with Gasteiger partial charge in [-0.3, -0.25) is 9.59 Å². The molecule has 0 unspecified atom stereocenters. The van der Waals surface area contributed by atoms with Gasteiger partial charge in [-0.2, -0.15) is 5.26 Å². The number of thioether (sulfide) groups is 1. The summed E-state index contributed by atoms with van der Waals surface area (Å²) < 4.78 is 7.10. The molecule has 0 spiro atoms. The molecule has 1 amide bonds. The molecule has 2 aliphatic rings. The highest BCUT2D eigenvalue weighted by Gasteiger charge is 2.35. The van der Waals surface area contributed by atoms with Crippen LogP contribution in [-0.2, 0) is 20.7 Å². The summed E-state index contributed by atoms with van der Waals surface area (Å²) in [5, 5.41) is 21.5. The number of nitrogens with one attached hydrogen (secondary N) is 1. The van der Waals surface area contributed by atoms with Gasteiger partial charge in [0.1, 0.15) is 17.8 Å². The van der Waals surface area contributed by atoms with Crippen molar-refractivity contribution in [2.75, 3.05) is 12.4 Å². The molecular weight excluding hydrogens is 390 g/mol. The van der Waals surface area contributed by atoms with Crippen molar-refractivity contribution >= 4 is 23.6 Å². The monoisotopic (exact) mass is 419 g/mol. The van der Waals surface area contributed by atoms with Gasteiger partial charge in [0.2, 0.25) is 5.91 Å². The van der Waals surface area contributed by atoms with Crippen LogP contribution in [0.4, 0.5) is 0 Å². The first-order chi connectivity index (χ1) is 14.1. The van der Waals surface area contributed by atoms with Gasteiger partial charge < -0.3 is 14.6 Å². The Hall–Kier alpha value is -2.08. The number of hydrogen-bond acceptors (Lipinski definition) is 7. The SMILES string of the molecule is CCOC(=O)Cc1nnc(SCC(=O)NC2(C#N)CCCC2)n1C1CCCCC1. The van der Waals surface area contributed by atoms with Crippen LogP contribution < -0.4 is 5.32 Å². The lowest BCUT2D eigenvalue weighted by atomic mass is 9.95. The second kappa shape index (κ2) is 10.1. The van der Waals surface area contributed by atoms with E-state index in [2.05, 4.69) is 21.6 Å². The third-order valence-corrected chi connectivity index (χ3v) is 6.61. The molecule has 0 saturated heterocycles. The lowest BCUT2D eigenvalue weighted by molar-refractivity contribution is -0.142. The van der Waals surface area contributed by atoms with Gasteiger partial charge in [0, 0.05) is 6.04 Å². The average molecular weight is 420 g/mol. The van der Waals surface area contributed by atoms with E-state index in [9.17, 15) is 14.9 Å². The first-order valence-corrected chi connectivity index (χ1v) is 11.5. The van der Waals surface area contributed by atoms with E-state index in [0.29, 0.717) is 30.4 Å². The third kappa shape index (κ3) is 5.50. The van der Waals surface area contributed by atoms with Crippen molar-refractivity contribution in [2.24, 2.45) is 0 Å². The van der Waals surface area contributed by atoms with Crippen molar-refractivity contribution in [1.29, 1.82) is 5.26 Å². The number of carbonyl (C=O) groups excluding carboxylic acids is 2. The molecule has 2 aliphatic carbocycles. The summed E-state index contributed by atoms with van der Waals surface area (Å²) in [6.45, 7) is 2.11. The number of esters is 1. The fraction of sp³-hybridized carbons (Fsp3) is 0.750. The van der Waals surface area contributed by atoms with Gasteiger partial charge in [-0.05, 0) is 45.4 Å². The quantitative estimate of drug-likeness (QED) is 0.509. The Labute approximate surface area is 175 Å². The summed E-state index contributed by atoms with van der Waals surface area (Å²) in [5.74, 6) is 0.294. The van der Waals surface area contributed by atoms with E-state index in [0.717, 1.165) is 38.5 Å². The maximum Gasteiger partial charge on any atom is 0.313 e. The van der Waals surface area contributed by atoms with Crippen molar-refractivity contribution in [1.82, 2.24) is 20.1 Å². The van der Waals surface area contributed by atoms with E-state index < -0.39 is 5.54 Å². The zero-order chi connectivity index (χ0) is 20.7. The lowest BCUT2D eigenvalue weighted by Crippen LogP contribution is -2.45. The zero-order valence-corrected chi connectivity index (χ0v) is 17.8. The predicted octanol–water partition coefficient (Wildman–Crippen LogP) is 2.93. The highest BCUT2D eigenvalue weighted by Crippen LogP contribution is 2.33. The standard InChI is InChI=1S/C20H29N5O3S/c1-2-28-18(27)12-16-23-24-19(25(16)15-8-4-3-5-9-15)29-13-17(26)22-20(14-21)10-6-7-11-20/h15H,2-13H2,1H3,(H,22,26). The molecule has 8 nitrogen and oxygen atoms in total. The minimum Gasteiger partial charge on any atom is -0.466 e. The Morgan fingerprint density at radius 2 is 1.97 bits per heavy atom. The van der Waals surface area contributed by atoms with E-state index in [4.69, 9.17) is 4.74 Å². The maximum absolute atomic E-state index is 12.5. The molecule has 3 rings (SSSR count). The number of aromatic nitrogens is 3. The summed E-state index contributed by atoms with van der Waals surface area (Å²) >= 11 is 1.32. The van der Waals surface area contributed by atoms with E-state index in [1.165, 1.54) is 18.2 Å². The van der Waals surface area contributed by atoms with Crippen LogP contribution in [0.2, 0.25) is 0 Å². The van der Waals surface area contributed by atoms with Crippen molar-refractivity contribution in [3.05, 3.63) is 5.82 Å². The number of nitrogens with zero attached hydrogens (tertiary/aromatic N) is 4. The van der Waals surface area contributed by atoms with Crippen LogP contribution in [0.5, 0.6) is 0 Å². The minimum atomic E-state index is -0.718. The Kier molecular flexibility index (Phi) is 7.53. The molecule has 0 bridgehead atoms. The normalized spacial score (nSPS) is 18.9. The molecule has 0 aliphatic heterocycles. The molecule has 9 heteroatoms. The number of hydrogen-bond donors (Lipinski definition) is 1. The first-order valence-electron chi connectivity index (χ1n) is 10.5. The van der Waals surface area contributed by atoms with Crippen LogP contribution in [0.1, 0.15) is 76.6 Å². The van der Waals surface area contributed by atoms with Crippen LogP contribution in [0.15, 0.2) is 5.16 Å². The van der Waals surface area contributed by atoms with E-state index in [1.54, 1.807) is 6.92 Å². The third-order valence-electron chi connectivity index (χ3n) is 5.66. The molecule has 158 valence electrons. The van der Waals surface area contributed by atoms with Crippen LogP contribution >= 0.6 is 11.8 Å². The molecule has 1 aromatic rings. The van der Waals surface area contributed by atoms with E-state index in [1.807, 2.05) is 4.57 Å². The molecule has 2 fully saturated rings. The molecule has 2 saturated carbocycles. The van der Waals surface area contributed by atoms with E-state index in [-0.39, 0.29) is 30.1 Å². The fourth-order valence-electron chi connectivity index (χ4n) is 4.25. The second-order valence-corrected chi connectivity index (χ2v) is 8.72. The number of carbonyl (C=O) groups is 2. The molecule has 0 radical (unpaired) electrons. The number of ether oxygens (including phenoxy) is 1. The smallest absolute Gasteiger partial charge is 0.313 e. The Balaban J connectivity index is 1.69. The van der Waals surface area contributed by atoms with Gasteiger partial charge in [0.05, 0.1) is 18.4 Å². The van der Waals surface area contributed by atoms with E-state index >= 15 is 0 Å². The molecule has 29 heavy (non-hydrogen) atoms. The number of rotatable bonds is 8. The summed E-state index contributed by atoms with van der Waals surface area (Å²) in [4.78, 5) is 24.5. The van der Waals surface area contributed by atoms with Crippen LogP contribution in [0.3, 0.4) is 0 Å². The van der Waals surface area contributed by atoms with Crippen LogP contribution in [0, 0.1) is 11.3 Å². The van der Waals surface area contributed by atoms with Gasteiger partial charge in [-0.1, -0.05) is 31.0 Å². The number of amides is 1. The van der Waals surface area contributed by atoms with Crippen LogP contribution in [0.25, 0.3) is 0 Å². The van der Waals surface area contributed by atoms with Gasteiger partial charge in [-0.15, -0.1) is 10.2 Å². The molecular formula is C20H29N5O3S. The molecule has 1 N–H and O–H groups in total. The van der Waals surface area contributed by atoms with Crippen molar-refractivity contribution < 1.29 is 14.3 Å². The topological polar surface area (TPSA) is 110 Å². The minimum absolute atomic E-state index is 0.0850.